The standard InChI is InChI=1S/C21H20N2/c1-2-7-18-14(5-1)11-12-22-21(18)23-20-16-10-9-15(13-16)17-6-3-4-8-19(17)20/h1-8,11-12,15-16,20H,9-10,13H2,(H,22,23). The number of anilines is 1. The molecule has 1 aromatic heterocycles. The Morgan fingerprint density at radius 1 is 0.870 bits per heavy atom. The molecule has 3 aromatic rings. The van der Waals surface area contributed by atoms with E-state index < -0.39 is 0 Å². The SMILES string of the molecule is c1ccc2c(c1)C1CCC(C1)C2Nc1nccc2ccccc12. The monoisotopic (exact) mass is 300 g/mol. The summed E-state index contributed by atoms with van der Waals surface area (Å²) in [5.74, 6) is 2.53. The van der Waals surface area contributed by atoms with Gasteiger partial charge in [-0.3, -0.25) is 0 Å². The molecule has 23 heavy (non-hydrogen) atoms. The molecule has 2 aliphatic carbocycles. The predicted octanol–water partition coefficient (Wildman–Crippen LogP) is 5.29. The first-order valence-corrected chi connectivity index (χ1v) is 8.59. The van der Waals surface area contributed by atoms with Crippen molar-refractivity contribution in [3.05, 3.63) is 71.9 Å². The minimum Gasteiger partial charge on any atom is -0.362 e. The third-order valence-electron chi connectivity index (χ3n) is 5.68. The molecule has 3 unspecified atom stereocenters. The van der Waals surface area contributed by atoms with Crippen molar-refractivity contribution in [2.75, 3.05) is 5.32 Å². The lowest BCUT2D eigenvalue weighted by Crippen LogP contribution is -2.24. The van der Waals surface area contributed by atoms with Gasteiger partial charge in [0.2, 0.25) is 0 Å². The molecule has 0 radical (unpaired) electrons. The van der Waals surface area contributed by atoms with Crippen LogP contribution in [0.15, 0.2) is 60.8 Å². The highest BCUT2D eigenvalue weighted by atomic mass is 15.0. The number of aromatic nitrogens is 1. The van der Waals surface area contributed by atoms with E-state index in [0.717, 1.165) is 17.7 Å². The Kier molecular flexibility index (Phi) is 2.90. The summed E-state index contributed by atoms with van der Waals surface area (Å²) >= 11 is 0. The fourth-order valence-corrected chi connectivity index (χ4v) is 4.60. The summed E-state index contributed by atoms with van der Waals surface area (Å²) in [4.78, 5) is 4.65. The van der Waals surface area contributed by atoms with E-state index in [9.17, 15) is 0 Å². The first-order chi connectivity index (χ1) is 11.4. The zero-order valence-electron chi connectivity index (χ0n) is 13.1. The van der Waals surface area contributed by atoms with Gasteiger partial charge in [0, 0.05) is 11.6 Å². The van der Waals surface area contributed by atoms with Crippen molar-refractivity contribution >= 4 is 16.6 Å². The minimum atomic E-state index is 0.392. The second-order valence-electron chi connectivity index (χ2n) is 6.90. The van der Waals surface area contributed by atoms with Crippen molar-refractivity contribution in [2.24, 2.45) is 5.92 Å². The van der Waals surface area contributed by atoms with Crippen LogP contribution < -0.4 is 5.32 Å². The first kappa shape index (κ1) is 13.1. The van der Waals surface area contributed by atoms with Crippen molar-refractivity contribution in [3.63, 3.8) is 0 Å². The number of hydrogen-bond donors (Lipinski definition) is 1. The van der Waals surface area contributed by atoms with Gasteiger partial charge in [-0.2, -0.15) is 0 Å². The van der Waals surface area contributed by atoms with Crippen LogP contribution in [0.5, 0.6) is 0 Å². The lowest BCUT2D eigenvalue weighted by molar-refractivity contribution is 0.440. The summed E-state index contributed by atoms with van der Waals surface area (Å²) in [6.45, 7) is 0. The molecule has 1 fully saturated rings. The Balaban J connectivity index is 1.60. The molecule has 3 atom stereocenters. The van der Waals surface area contributed by atoms with Gasteiger partial charge >= 0.3 is 0 Å². The average molecular weight is 300 g/mol. The second-order valence-corrected chi connectivity index (χ2v) is 6.90. The number of pyridine rings is 1. The molecular formula is C21H20N2. The van der Waals surface area contributed by atoms with E-state index in [2.05, 4.69) is 64.9 Å². The Morgan fingerprint density at radius 2 is 1.70 bits per heavy atom. The molecular weight excluding hydrogens is 280 g/mol. The number of nitrogens with zero attached hydrogens (tertiary/aromatic N) is 1. The fraction of sp³-hybridized carbons (Fsp3) is 0.286. The van der Waals surface area contributed by atoms with Crippen LogP contribution in [0.25, 0.3) is 10.8 Å². The van der Waals surface area contributed by atoms with Gasteiger partial charge in [-0.1, -0.05) is 48.5 Å². The Labute approximate surface area is 136 Å². The van der Waals surface area contributed by atoms with Gasteiger partial charge in [0.25, 0.3) is 0 Å². The highest BCUT2D eigenvalue weighted by molar-refractivity contribution is 5.91. The zero-order chi connectivity index (χ0) is 15.2. The van der Waals surface area contributed by atoms with E-state index in [1.165, 1.54) is 35.6 Å². The molecule has 1 heterocycles. The summed E-state index contributed by atoms with van der Waals surface area (Å²) in [6.07, 6.45) is 5.89. The molecule has 2 bridgehead atoms. The van der Waals surface area contributed by atoms with Gasteiger partial charge < -0.3 is 5.32 Å². The maximum Gasteiger partial charge on any atom is 0.134 e. The molecule has 2 heteroatoms. The largest absolute Gasteiger partial charge is 0.362 e. The van der Waals surface area contributed by atoms with E-state index in [4.69, 9.17) is 0 Å². The van der Waals surface area contributed by atoms with Crippen LogP contribution in [0.4, 0.5) is 5.82 Å². The van der Waals surface area contributed by atoms with Gasteiger partial charge in [-0.15, -0.1) is 0 Å². The summed E-state index contributed by atoms with van der Waals surface area (Å²) in [7, 11) is 0. The van der Waals surface area contributed by atoms with Crippen LogP contribution in [-0.2, 0) is 0 Å². The summed E-state index contributed by atoms with van der Waals surface area (Å²) < 4.78 is 0. The quantitative estimate of drug-likeness (QED) is 0.696. The lowest BCUT2D eigenvalue weighted by Gasteiger charge is -2.33. The molecule has 0 spiro atoms. The second kappa shape index (κ2) is 5.09. The van der Waals surface area contributed by atoms with Crippen LogP contribution in [0.3, 0.4) is 0 Å². The number of fused-ring (bicyclic) bond motifs is 5. The topological polar surface area (TPSA) is 24.9 Å². The molecule has 2 aliphatic rings. The van der Waals surface area contributed by atoms with Gasteiger partial charge in [0.1, 0.15) is 5.82 Å². The van der Waals surface area contributed by atoms with Crippen molar-refractivity contribution in [3.8, 4) is 0 Å². The van der Waals surface area contributed by atoms with Gasteiger partial charge in [-0.25, -0.2) is 4.98 Å². The third kappa shape index (κ3) is 2.05. The number of hydrogen-bond acceptors (Lipinski definition) is 2. The molecule has 1 N–H and O–H groups in total. The Morgan fingerprint density at radius 3 is 2.65 bits per heavy atom. The smallest absolute Gasteiger partial charge is 0.134 e. The van der Waals surface area contributed by atoms with E-state index in [1.54, 1.807) is 5.56 Å². The lowest BCUT2D eigenvalue weighted by atomic mass is 9.79. The van der Waals surface area contributed by atoms with E-state index in [-0.39, 0.29) is 0 Å². The third-order valence-corrected chi connectivity index (χ3v) is 5.68. The molecule has 2 nitrogen and oxygen atoms in total. The van der Waals surface area contributed by atoms with E-state index in [0.29, 0.717) is 6.04 Å². The van der Waals surface area contributed by atoms with Crippen molar-refractivity contribution in [1.82, 2.24) is 4.98 Å². The van der Waals surface area contributed by atoms with Crippen molar-refractivity contribution in [1.29, 1.82) is 0 Å². The zero-order valence-corrected chi connectivity index (χ0v) is 13.1. The summed E-state index contributed by atoms with van der Waals surface area (Å²) in [5, 5.41) is 6.26. The molecule has 5 rings (SSSR count). The molecule has 114 valence electrons. The number of rotatable bonds is 2. The van der Waals surface area contributed by atoms with E-state index >= 15 is 0 Å². The predicted molar refractivity (Wildman–Crippen MR) is 94.6 cm³/mol. The molecule has 0 aliphatic heterocycles. The number of benzene rings is 2. The Bertz CT molecular complexity index is 865. The normalized spacial score (nSPS) is 25.3. The summed E-state index contributed by atoms with van der Waals surface area (Å²) in [5.41, 5.74) is 3.04. The fourth-order valence-electron chi connectivity index (χ4n) is 4.60. The van der Waals surface area contributed by atoms with Crippen molar-refractivity contribution < 1.29 is 0 Å². The molecule has 2 aromatic carbocycles. The summed E-state index contributed by atoms with van der Waals surface area (Å²) in [6, 6.07) is 20.0. The first-order valence-electron chi connectivity index (χ1n) is 8.59. The van der Waals surface area contributed by atoms with Crippen molar-refractivity contribution in [2.45, 2.75) is 31.2 Å². The van der Waals surface area contributed by atoms with Crippen LogP contribution in [0, 0.1) is 5.92 Å². The van der Waals surface area contributed by atoms with Crippen LogP contribution in [0.2, 0.25) is 0 Å². The average Bonchev–Trinajstić information content (AvgIpc) is 3.04. The number of nitrogens with one attached hydrogen (secondary N) is 1. The van der Waals surface area contributed by atoms with Crippen LogP contribution >= 0.6 is 0 Å². The van der Waals surface area contributed by atoms with Crippen LogP contribution in [0.1, 0.15) is 42.3 Å². The maximum atomic E-state index is 4.65. The molecule has 1 saturated carbocycles. The Hall–Kier alpha value is -2.35. The van der Waals surface area contributed by atoms with E-state index in [1.807, 2.05) is 6.20 Å². The highest BCUT2D eigenvalue weighted by Gasteiger charge is 2.39. The molecule has 0 amide bonds. The minimum absolute atomic E-state index is 0.392. The highest BCUT2D eigenvalue weighted by Crippen LogP contribution is 2.52. The van der Waals surface area contributed by atoms with Crippen LogP contribution in [-0.4, -0.2) is 4.98 Å². The van der Waals surface area contributed by atoms with Gasteiger partial charge in [0.15, 0.2) is 0 Å². The maximum absolute atomic E-state index is 4.65. The van der Waals surface area contributed by atoms with Gasteiger partial charge in [-0.05, 0) is 53.7 Å². The molecule has 0 saturated heterocycles. The van der Waals surface area contributed by atoms with Gasteiger partial charge in [0.05, 0.1) is 6.04 Å².